The molecular formula is C25H34N2O4S. The Morgan fingerprint density at radius 2 is 1.94 bits per heavy atom. The molecule has 32 heavy (non-hydrogen) atoms. The summed E-state index contributed by atoms with van der Waals surface area (Å²) in [5.74, 6) is -0.0448. The van der Waals surface area contributed by atoms with Gasteiger partial charge in [-0.15, -0.1) is 11.3 Å². The fraction of sp³-hybridized carbons (Fsp3) is 0.520. The quantitative estimate of drug-likeness (QED) is 0.403. The number of thiophene rings is 1. The van der Waals surface area contributed by atoms with Gasteiger partial charge in [0.15, 0.2) is 0 Å². The maximum atomic E-state index is 13.1. The molecule has 174 valence electrons. The summed E-state index contributed by atoms with van der Waals surface area (Å²) >= 11 is 1.43. The molecule has 7 heteroatoms. The highest BCUT2D eigenvalue weighted by atomic mass is 32.1. The van der Waals surface area contributed by atoms with Crippen LogP contribution < -0.4 is 15.4 Å². The summed E-state index contributed by atoms with van der Waals surface area (Å²) < 4.78 is 10.9. The van der Waals surface area contributed by atoms with Crippen molar-refractivity contribution in [2.24, 2.45) is 0 Å². The van der Waals surface area contributed by atoms with Crippen molar-refractivity contribution in [1.29, 1.82) is 0 Å². The van der Waals surface area contributed by atoms with Gasteiger partial charge in [0, 0.05) is 21.5 Å². The van der Waals surface area contributed by atoms with Crippen LogP contribution in [0, 0.1) is 0 Å². The van der Waals surface area contributed by atoms with Crippen molar-refractivity contribution in [3.05, 3.63) is 45.8 Å². The average molecular weight is 459 g/mol. The molecule has 0 atom stereocenters. The van der Waals surface area contributed by atoms with E-state index in [-0.39, 0.29) is 17.0 Å². The molecule has 2 N–H and O–H groups in total. The van der Waals surface area contributed by atoms with E-state index in [1.54, 1.807) is 18.2 Å². The van der Waals surface area contributed by atoms with Crippen molar-refractivity contribution in [3.8, 4) is 5.75 Å². The summed E-state index contributed by atoms with van der Waals surface area (Å²) in [6.45, 7) is 11.2. The lowest BCUT2D eigenvalue weighted by molar-refractivity contribution is 0.0600. The van der Waals surface area contributed by atoms with Gasteiger partial charge in [0.05, 0.1) is 19.3 Å². The maximum absolute atomic E-state index is 13.1. The van der Waals surface area contributed by atoms with Crippen molar-refractivity contribution in [1.82, 2.24) is 5.32 Å². The number of carbonyl (C=O) groups excluding carboxylic acids is 2. The third kappa shape index (κ3) is 5.33. The molecule has 1 aromatic carbocycles. The zero-order valence-corrected chi connectivity index (χ0v) is 20.7. The van der Waals surface area contributed by atoms with Crippen LogP contribution in [0.15, 0.2) is 24.3 Å². The summed E-state index contributed by atoms with van der Waals surface area (Å²) in [5, 5.41) is 7.12. The van der Waals surface area contributed by atoms with Crippen molar-refractivity contribution >= 4 is 28.2 Å². The van der Waals surface area contributed by atoms with E-state index in [9.17, 15) is 9.59 Å². The number of esters is 1. The third-order valence-electron chi connectivity index (χ3n) is 5.57. The van der Waals surface area contributed by atoms with E-state index in [0.29, 0.717) is 34.9 Å². The molecule has 0 saturated heterocycles. The van der Waals surface area contributed by atoms with Crippen molar-refractivity contribution < 1.29 is 19.1 Å². The number of nitrogens with one attached hydrogen (secondary N) is 2. The Morgan fingerprint density at radius 3 is 2.62 bits per heavy atom. The molecule has 0 spiro atoms. The summed E-state index contributed by atoms with van der Waals surface area (Å²) in [4.78, 5) is 26.8. The molecule has 1 aromatic heterocycles. The molecule has 1 aliphatic rings. The first kappa shape index (κ1) is 24.3. The first-order valence-corrected chi connectivity index (χ1v) is 12.0. The highest BCUT2D eigenvalue weighted by molar-refractivity contribution is 7.17. The molecule has 0 saturated carbocycles. The van der Waals surface area contributed by atoms with E-state index in [1.807, 2.05) is 6.07 Å². The van der Waals surface area contributed by atoms with Crippen LogP contribution in [0.1, 0.15) is 85.0 Å². The number of ether oxygens (including phenoxy) is 2. The number of unbranched alkanes of at least 4 members (excludes halogenated alkanes) is 2. The number of benzene rings is 1. The Bertz CT molecular complexity index is 994. The van der Waals surface area contributed by atoms with Crippen molar-refractivity contribution in [2.75, 3.05) is 19.0 Å². The fourth-order valence-electron chi connectivity index (χ4n) is 4.38. The Hall–Kier alpha value is -2.38. The first-order chi connectivity index (χ1) is 15.1. The van der Waals surface area contributed by atoms with Gasteiger partial charge in [-0.3, -0.25) is 4.79 Å². The third-order valence-corrected chi connectivity index (χ3v) is 7.04. The minimum Gasteiger partial charge on any atom is -0.494 e. The van der Waals surface area contributed by atoms with Crippen molar-refractivity contribution in [3.63, 3.8) is 0 Å². The molecule has 0 unspecified atom stereocenters. The topological polar surface area (TPSA) is 76.7 Å². The van der Waals surface area contributed by atoms with E-state index < -0.39 is 5.97 Å². The van der Waals surface area contributed by atoms with Crippen LogP contribution in [-0.2, 0) is 16.7 Å². The maximum Gasteiger partial charge on any atom is 0.341 e. The van der Waals surface area contributed by atoms with Gasteiger partial charge in [-0.05, 0) is 64.3 Å². The second kappa shape index (κ2) is 9.63. The standard InChI is InChI=1S/C25H34N2O4S/c1-7-8-9-13-31-17-12-10-11-16(14-17)21(28)26-22-19(23(29)30-6)18-15-24(2,3)27-25(4,5)20(18)32-22/h10-12,14,27H,7-9,13,15H2,1-6H3,(H,26,28). The minimum atomic E-state index is -0.431. The predicted molar refractivity (Wildman–Crippen MR) is 129 cm³/mol. The second-order valence-corrected chi connectivity index (χ2v) is 10.5. The van der Waals surface area contributed by atoms with Gasteiger partial charge in [-0.25, -0.2) is 4.79 Å². The highest BCUT2D eigenvalue weighted by Gasteiger charge is 2.42. The van der Waals surface area contributed by atoms with E-state index >= 15 is 0 Å². The number of amides is 1. The molecule has 0 fully saturated rings. The molecule has 3 rings (SSSR count). The number of anilines is 1. The van der Waals surface area contributed by atoms with Crippen molar-refractivity contribution in [2.45, 2.75) is 71.4 Å². The smallest absolute Gasteiger partial charge is 0.341 e. The van der Waals surface area contributed by atoms with E-state index in [2.05, 4.69) is 45.3 Å². The van der Waals surface area contributed by atoms with Crippen LogP contribution in [-0.4, -0.2) is 31.1 Å². The number of carbonyl (C=O) groups is 2. The predicted octanol–water partition coefficient (Wildman–Crippen LogP) is 5.52. The summed E-state index contributed by atoms with van der Waals surface area (Å²) in [7, 11) is 1.37. The van der Waals surface area contributed by atoms with Gasteiger partial charge < -0.3 is 20.1 Å². The second-order valence-electron chi connectivity index (χ2n) is 9.45. The molecule has 1 amide bonds. The Kier molecular flexibility index (Phi) is 7.30. The Labute approximate surface area is 194 Å². The molecule has 0 bridgehead atoms. The van der Waals surface area contributed by atoms with Gasteiger partial charge >= 0.3 is 5.97 Å². The zero-order chi connectivity index (χ0) is 23.5. The lowest BCUT2D eigenvalue weighted by Gasteiger charge is -2.42. The number of methoxy groups -OCH3 is 1. The van der Waals surface area contributed by atoms with Crippen LogP contribution >= 0.6 is 11.3 Å². The minimum absolute atomic E-state index is 0.189. The van der Waals surface area contributed by atoms with Gasteiger partial charge in [-0.1, -0.05) is 25.8 Å². The summed E-state index contributed by atoms with van der Waals surface area (Å²) in [6.07, 6.45) is 3.89. The lowest BCUT2D eigenvalue weighted by Crippen LogP contribution is -2.55. The SMILES string of the molecule is CCCCCOc1cccc(C(=O)Nc2sc3c(c2C(=O)OC)CC(C)(C)NC3(C)C)c1. The largest absolute Gasteiger partial charge is 0.494 e. The molecule has 2 heterocycles. The molecular weight excluding hydrogens is 424 g/mol. The van der Waals surface area contributed by atoms with Crippen LogP contribution in [0.5, 0.6) is 5.75 Å². The summed E-state index contributed by atoms with van der Waals surface area (Å²) in [5.41, 5.74) is 1.36. The van der Waals surface area contributed by atoms with Gasteiger partial charge in [0.1, 0.15) is 10.8 Å². The summed E-state index contributed by atoms with van der Waals surface area (Å²) in [6, 6.07) is 7.14. The molecule has 2 aromatic rings. The number of hydrogen-bond donors (Lipinski definition) is 2. The van der Waals surface area contributed by atoms with Gasteiger partial charge in [-0.2, -0.15) is 0 Å². The molecule has 0 aliphatic carbocycles. The van der Waals surface area contributed by atoms with Crippen LogP contribution in [0.25, 0.3) is 0 Å². The zero-order valence-electron chi connectivity index (χ0n) is 19.9. The number of fused-ring (bicyclic) bond motifs is 1. The van der Waals surface area contributed by atoms with Gasteiger partial charge in [0.2, 0.25) is 0 Å². The Morgan fingerprint density at radius 1 is 1.19 bits per heavy atom. The van der Waals surface area contributed by atoms with Gasteiger partial charge in [0.25, 0.3) is 5.91 Å². The number of hydrogen-bond acceptors (Lipinski definition) is 6. The fourth-order valence-corrected chi connectivity index (χ4v) is 5.64. The normalized spacial score (nSPS) is 16.2. The molecule has 0 radical (unpaired) electrons. The highest BCUT2D eigenvalue weighted by Crippen LogP contribution is 2.45. The van der Waals surface area contributed by atoms with E-state index in [4.69, 9.17) is 9.47 Å². The lowest BCUT2D eigenvalue weighted by atomic mass is 9.81. The monoisotopic (exact) mass is 458 g/mol. The number of rotatable bonds is 8. The van der Waals surface area contributed by atoms with E-state index in [1.165, 1.54) is 18.4 Å². The van der Waals surface area contributed by atoms with Crippen LogP contribution in [0.4, 0.5) is 5.00 Å². The average Bonchev–Trinajstić information content (AvgIpc) is 3.08. The first-order valence-electron chi connectivity index (χ1n) is 11.2. The molecule has 1 aliphatic heterocycles. The molecule has 6 nitrogen and oxygen atoms in total. The van der Waals surface area contributed by atoms with E-state index in [0.717, 1.165) is 29.7 Å². The Balaban J connectivity index is 1.89. The van der Waals surface area contributed by atoms with Crippen LogP contribution in [0.2, 0.25) is 0 Å². The van der Waals surface area contributed by atoms with Crippen LogP contribution in [0.3, 0.4) is 0 Å².